The molecule has 2 aliphatic rings. The van der Waals surface area contributed by atoms with Crippen molar-refractivity contribution in [3.63, 3.8) is 0 Å². The number of aromatic amines is 1. The minimum atomic E-state index is -0.142. The molecule has 4 aromatic rings. The van der Waals surface area contributed by atoms with Gasteiger partial charge in [0.25, 0.3) is 11.5 Å². The maximum Gasteiger partial charge on any atom is 0.272 e. The summed E-state index contributed by atoms with van der Waals surface area (Å²) in [4.78, 5) is 30.4. The van der Waals surface area contributed by atoms with Crippen molar-refractivity contribution in [2.24, 2.45) is 5.41 Å². The Labute approximate surface area is 206 Å². The number of benzene rings is 2. The number of carbonyl (C=O) groups is 1. The molecule has 178 valence electrons. The van der Waals surface area contributed by atoms with E-state index in [1.54, 1.807) is 24.5 Å². The molecule has 0 saturated heterocycles. The second-order valence-electron chi connectivity index (χ2n) is 9.83. The van der Waals surface area contributed by atoms with Crippen LogP contribution in [0.4, 0.5) is 0 Å². The Balaban J connectivity index is 1.09. The highest BCUT2D eigenvalue weighted by atomic mass is 32.1. The van der Waals surface area contributed by atoms with E-state index in [1.807, 2.05) is 49.5 Å². The molecule has 35 heavy (non-hydrogen) atoms. The Morgan fingerprint density at radius 3 is 2.63 bits per heavy atom. The van der Waals surface area contributed by atoms with Gasteiger partial charge in [0.2, 0.25) is 0 Å². The van der Waals surface area contributed by atoms with Gasteiger partial charge in [0.1, 0.15) is 5.75 Å². The Morgan fingerprint density at radius 2 is 1.91 bits per heavy atom. The third-order valence-corrected chi connectivity index (χ3v) is 8.46. The quantitative estimate of drug-likeness (QED) is 0.422. The molecule has 2 aromatic carbocycles. The number of ether oxygens (including phenoxy) is 1. The van der Waals surface area contributed by atoms with Gasteiger partial charge in [0.05, 0.1) is 28.1 Å². The van der Waals surface area contributed by atoms with Crippen LogP contribution in [-0.2, 0) is 0 Å². The Morgan fingerprint density at radius 1 is 1.14 bits per heavy atom. The number of nitrogens with zero attached hydrogens (tertiary/aromatic N) is 2. The van der Waals surface area contributed by atoms with Gasteiger partial charge in [0, 0.05) is 34.7 Å². The lowest BCUT2D eigenvalue weighted by Gasteiger charge is -2.57. The highest BCUT2D eigenvalue weighted by molar-refractivity contribution is 7.15. The number of carbonyl (C=O) groups excluding carboxylic acids is 1. The predicted molar refractivity (Wildman–Crippen MR) is 136 cm³/mol. The first-order chi connectivity index (χ1) is 16.9. The fraction of sp³-hybridized carbons (Fsp3) is 0.333. The molecule has 7 nitrogen and oxygen atoms in total. The molecule has 2 N–H and O–H groups in total. The number of thiazole rings is 1. The topological polar surface area (TPSA) is 97.0 Å². The standard InChI is InChI=1S/C27H26N4O3S/c1-15-28-14-23(35-15)21-8-7-16(9-22(21)34-2)25(32)29-18-12-27(13-18)10-17(11-27)24-19-5-3-4-6-20(19)26(33)31-30-24/h3-9,14,17-18H,10-13H2,1-2H3,(H,29,32)(H,31,33)/t17-,18-,27?. The van der Waals surface area contributed by atoms with Crippen LogP contribution in [0.5, 0.6) is 5.75 Å². The normalized spacial score (nSPS) is 23.0. The van der Waals surface area contributed by atoms with E-state index in [0.29, 0.717) is 22.6 Å². The first kappa shape index (κ1) is 22.0. The molecule has 2 heterocycles. The van der Waals surface area contributed by atoms with Gasteiger partial charge >= 0.3 is 0 Å². The third-order valence-electron chi connectivity index (χ3n) is 7.52. The van der Waals surface area contributed by atoms with E-state index in [0.717, 1.165) is 52.2 Å². The highest BCUT2D eigenvalue weighted by Gasteiger charge is 2.54. The number of nitrogens with one attached hydrogen (secondary N) is 2. The number of hydrogen-bond donors (Lipinski definition) is 2. The summed E-state index contributed by atoms with van der Waals surface area (Å²) in [6.45, 7) is 1.97. The van der Waals surface area contributed by atoms with E-state index in [-0.39, 0.29) is 22.9 Å². The zero-order chi connectivity index (χ0) is 24.2. The summed E-state index contributed by atoms with van der Waals surface area (Å²) in [7, 11) is 1.62. The lowest BCUT2D eigenvalue weighted by Crippen LogP contribution is -2.55. The summed E-state index contributed by atoms with van der Waals surface area (Å²) in [5.41, 5.74) is 2.66. The fourth-order valence-corrected chi connectivity index (χ4v) is 6.65. The van der Waals surface area contributed by atoms with E-state index < -0.39 is 0 Å². The van der Waals surface area contributed by atoms with Crippen LogP contribution in [-0.4, -0.2) is 34.2 Å². The number of aromatic nitrogens is 3. The van der Waals surface area contributed by atoms with Gasteiger partial charge in [-0.1, -0.05) is 18.2 Å². The molecule has 0 aliphatic heterocycles. The second-order valence-corrected chi connectivity index (χ2v) is 11.1. The van der Waals surface area contributed by atoms with Crippen LogP contribution < -0.4 is 15.6 Å². The number of fused-ring (bicyclic) bond motifs is 1. The third kappa shape index (κ3) is 3.82. The molecule has 2 aromatic heterocycles. The molecule has 1 amide bonds. The SMILES string of the molecule is COc1cc(C(=O)N[C@H]2CC3(C2)C[C@H](c2n[nH]c(=O)c4ccccc42)C3)ccc1-c1cnc(C)s1. The van der Waals surface area contributed by atoms with Crippen molar-refractivity contribution in [3.8, 4) is 16.2 Å². The smallest absolute Gasteiger partial charge is 0.272 e. The lowest BCUT2D eigenvalue weighted by molar-refractivity contribution is -0.0196. The van der Waals surface area contributed by atoms with E-state index >= 15 is 0 Å². The number of methoxy groups -OCH3 is 1. The van der Waals surface area contributed by atoms with Crippen LogP contribution in [0.3, 0.4) is 0 Å². The Kier molecular flexibility index (Phi) is 5.21. The average Bonchev–Trinajstić information content (AvgIpc) is 3.26. The summed E-state index contributed by atoms with van der Waals surface area (Å²) in [6, 6.07) is 13.4. The molecule has 0 radical (unpaired) electrons. The van der Waals surface area contributed by atoms with Crippen molar-refractivity contribution in [3.05, 3.63) is 75.3 Å². The number of hydrogen-bond acceptors (Lipinski definition) is 6. The maximum absolute atomic E-state index is 12.9. The predicted octanol–water partition coefficient (Wildman–Crippen LogP) is 4.82. The Hall–Kier alpha value is -3.52. The molecule has 2 saturated carbocycles. The number of aryl methyl sites for hydroxylation is 1. The zero-order valence-corrected chi connectivity index (χ0v) is 20.4. The second kappa shape index (κ2) is 8.30. The molecule has 0 atom stereocenters. The first-order valence-electron chi connectivity index (χ1n) is 11.8. The van der Waals surface area contributed by atoms with Crippen LogP contribution in [0.15, 0.2) is 53.5 Å². The summed E-state index contributed by atoms with van der Waals surface area (Å²) >= 11 is 1.60. The molecule has 1 spiro atoms. The van der Waals surface area contributed by atoms with Gasteiger partial charge in [-0.3, -0.25) is 9.59 Å². The summed E-state index contributed by atoms with van der Waals surface area (Å²) in [5.74, 6) is 0.953. The van der Waals surface area contributed by atoms with Crippen molar-refractivity contribution in [1.29, 1.82) is 0 Å². The molecule has 2 fully saturated rings. The van der Waals surface area contributed by atoms with Gasteiger partial charge < -0.3 is 10.1 Å². The van der Waals surface area contributed by atoms with Crippen molar-refractivity contribution >= 4 is 28.0 Å². The fourth-order valence-electron chi connectivity index (χ4n) is 5.84. The molecule has 2 aliphatic carbocycles. The summed E-state index contributed by atoms with van der Waals surface area (Å²) in [5, 5.41) is 12.9. The van der Waals surface area contributed by atoms with E-state index in [4.69, 9.17) is 4.74 Å². The summed E-state index contributed by atoms with van der Waals surface area (Å²) in [6.07, 6.45) is 5.87. The monoisotopic (exact) mass is 486 g/mol. The van der Waals surface area contributed by atoms with Gasteiger partial charge in [-0.25, -0.2) is 10.1 Å². The highest BCUT2D eigenvalue weighted by Crippen LogP contribution is 2.62. The van der Waals surface area contributed by atoms with Crippen LogP contribution >= 0.6 is 11.3 Å². The molecule has 6 rings (SSSR count). The van der Waals surface area contributed by atoms with Crippen molar-refractivity contribution in [2.75, 3.05) is 7.11 Å². The Bertz CT molecular complexity index is 1490. The van der Waals surface area contributed by atoms with Crippen molar-refractivity contribution in [1.82, 2.24) is 20.5 Å². The van der Waals surface area contributed by atoms with E-state index in [9.17, 15) is 9.59 Å². The van der Waals surface area contributed by atoms with Crippen LogP contribution in [0.2, 0.25) is 0 Å². The number of amides is 1. The van der Waals surface area contributed by atoms with Crippen LogP contribution in [0.25, 0.3) is 21.2 Å². The molecule has 0 bridgehead atoms. The van der Waals surface area contributed by atoms with Gasteiger partial charge in [-0.2, -0.15) is 5.10 Å². The molecule has 0 unspecified atom stereocenters. The minimum absolute atomic E-state index is 0.0700. The lowest BCUT2D eigenvalue weighted by atomic mass is 9.49. The molecular formula is C27H26N4O3S. The molecular weight excluding hydrogens is 460 g/mol. The maximum atomic E-state index is 12.9. The minimum Gasteiger partial charge on any atom is -0.496 e. The molecule has 8 heteroatoms. The van der Waals surface area contributed by atoms with Gasteiger partial charge in [-0.05, 0) is 62.3 Å². The van der Waals surface area contributed by atoms with Crippen LogP contribution in [0, 0.1) is 12.3 Å². The first-order valence-corrected chi connectivity index (χ1v) is 12.7. The number of H-pyrrole nitrogens is 1. The van der Waals surface area contributed by atoms with Crippen LogP contribution in [0.1, 0.15) is 52.7 Å². The van der Waals surface area contributed by atoms with E-state index in [2.05, 4.69) is 20.5 Å². The van der Waals surface area contributed by atoms with Gasteiger partial charge in [0.15, 0.2) is 0 Å². The van der Waals surface area contributed by atoms with Crippen molar-refractivity contribution in [2.45, 2.75) is 44.6 Å². The van der Waals surface area contributed by atoms with Crippen molar-refractivity contribution < 1.29 is 9.53 Å². The zero-order valence-electron chi connectivity index (χ0n) is 19.6. The number of rotatable bonds is 5. The van der Waals surface area contributed by atoms with Gasteiger partial charge in [-0.15, -0.1) is 11.3 Å². The average molecular weight is 487 g/mol. The van der Waals surface area contributed by atoms with E-state index in [1.165, 1.54) is 0 Å². The summed E-state index contributed by atoms with van der Waals surface area (Å²) < 4.78 is 5.57. The largest absolute Gasteiger partial charge is 0.496 e.